The van der Waals surface area contributed by atoms with E-state index in [0.717, 1.165) is 15.7 Å². The molecule has 0 N–H and O–H groups in total. The van der Waals surface area contributed by atoms with Gasteiger partial charge in [0, 0.05) is 18.4 Å². The van der Waals surface area contributed by atoms with Crippen molar-refractivity contribution < 1.29 is 9.13 Å². The number of ether oxygens (including phenoxy) is 1. The summed E-state index contributed by atoms with van der Waals surface area (Å²) in [5.41, 5.74) is 1.70. The van der Waals surface area contributed by atoms with Gasteiger partial charge < -0.3 is 4.74 Å². The Labute approximate surface area is 114 Å². The van der Waals surface area contributed by atoms with Crippen molar-refractivity contribution in [2.45, 2.75) is 13.5 Å². The van der Waals surface area contributed by atoms with Crippen molar-refractivity contribution in [1.82, 2.24) is 9.78 Å². The molecule has 0 amide bonds. The standard InChI is InChI=1S/C13H14BrFN2O/c1-2-18-8-7-17-9-12(14)13(16-17)10-3-5-11(15)6-4-10/h3-6,9H,2,7-8H2,1H3. The van der Waals surface area contributed by atoms with Crippen LogP contribution < -0.4 is 0 Å². The predicted octanol–water partition coefficient (Wildman–Crippen LogP) is 3.49. The Morgan fingerprint density at radius 1 is 1.33 bits per heavy atom. The fourth-order valence-electron chi connectivity index (χ4n) is 1.62. The molecule has 2 aromatic rings. The van der Waals surface area contributed by atoms with Crippen molar-refractivity contribution in [2.75, 3.05) is 13.2 Å². The van der Waals surface area contributed by atoms with Crippen molar-refractivity contribution in [1.29, 1.82) is 0 Å². The molecule has 0 spiro atoms. The first kappa shape index (κ1) is 13.2. The number of rotatable bonds is 5. The number of aromatic nitrogens is 2. The number of hydrogen-bond donors (Lipinski definition) is 0. The summed E-state index contributed by atoms with van der Waals surface area (Å²) in [4.78, 5) is 0. The van der Waals surface area contributed by atoms with Crippen LogP contribution in [0.4, 0.5) is 4.39 Å². The number of nitrogens with zero attached hydrogens (tertiary/aromatic N) is 2. The van der Waals surface area contributed by atoms with E-state index in [-0.39, 0.29) is 5.82 Å². The van der Waals surface area contributed by atoms with E-state index in [1.807, 2.05) is 17.8 Å². The average molecular weight is 313 g/mol. The average Bonchev–Trinajstić information content (AvgIpc) is 2.72. The zero-order chi connectivity index (χ0) is 13.0. The van der Waals surface area contributed by atoms with Gasteiger partial charge in [-0.1, -0.05) is 0 Å². The SMILES string of the molecule is CCOCCn1cc(Br)c(-c2ccc(F)cc2)n1. The molecule has 0 unspecified atom stereocenters. The maximum Gasteiger partial charge on any atom is 0.123 e. The Balaban J connectivity index is 2.16. The van der Waals surface area contributed by atoms with E-state index < -0.39 is 0 Å². The summed E-state index contributed by atoms with van der Waals surface area (Å²) >= 11 is 3.46. The van der Waals surface area contributed by atoms with Gasteiger partial charge in [0.1, 0.15) is 11.5 Å². The quantitative estimate of drug-likeness (QED) is 0.790. The molecule has 0 aliphatic heterocycles. The Kier molecular flexibility index (Phi) is 4.49. The Morgan fingerprint density at radius 2 is 2.06 bits per heavy atom. The number of hydrogen-bond acceptors (Lipinski definition) is 2. The van der Waals surface area contributed by atoms with Crippen molar-refractivity contribution in [2.24, 2.45) is 0 Å². The second-order valence-electron chi connectivity index (χ2n) is 3.79. The molecule has 0 aliphatic carbocycles. The molecule has 0 atom stereocenters. The Morgan fingerprint density at radius 3 is 2.72 bits per heavy atom. The first-order valence-electron chi connectivity index (χ1n) is 5.77. The molecule has 0 radical (unpaired) electrons. The van der Waals surface area contributed by atoms with Crippen molar-refractivity contribution >= 4 is 15.9 Å². The monoisotopic (exact) mass is 312 g/mol. The van der Waals surface area contributed by atoms with E-state index in [4.69, 9.17) is 4.74 Å². The molecule has 2 rings (SSSR count). The number of halogens is 2. The van der Waals surface area contributed by atoms with E-state index in [9.17, 15) is 4.39 Å². The van der Waals surface area contributed by atoms with Crippen LogP contribution in [0.25, 0.3) is 11.3 Å². The highest BCUT2D eigenvalue weighted by atomic mass is 79.9. The zero-order valence-corrected chi connectivity index (χ0v) is 11.7. The van der Waals surface area contributed by atoms with Crippen LogP contribution in [-0.2, 0) is 11.3 Å². The van der Waals surface area contributed by atoms with Crippen LogP contribution >= 0.6 is 15.9 Å². The van der Waals surface area contributed by atoms with Crippen LogP contribution in [0.3, 0.4) is 0 Å². The maximum absolute atomic E-state index is 12.9. The fourth-order valence-corrected chi connectivity index (χ4v) is 2.16. The van der Waals surface area contributed by atoms with E-state index in [2.05, 4.69) is 21.0 Å². The molecule has 5 heteroatoms. The van der Waals surface area contributed by atoms with Gasteiger partial charge in [-0.15, -0.1) is 0 Å². The molecule has 0 aliphatic rings. The molecule has 0 bridgehead atoms. The highest BCUT2D eigenvalue weighted by Gasteiger charge is 2.08. The van der Waals surface area contributed by atoms with E-state index in [1.54, 1.807) is 12.1 Å². The van der Waals surface area contributed by atoms with E-state index in [1.165, 1.54) is 12.1 Å². The third kappa shape index (κ3) is 3.17. The molecule has 1 aromatic heterocycles. The smallest absolute Gasteiger partial charge is 0.123 e. The summed E-state index contributed by atoms with van der Waals surface area (Å²) in [6.45, 7) is 4.00. The van der Waals surface area contributed by atoms with Gasteiger partial charge >= 0.3 is 0 Å². The third-order valence-electron chi connectivity index (χ3n) is 2.50. The van der Waals surface area contributed by atoms with E-state index in [0.29, 0.717) is 19.8 Å². The van der Waals surface area contributed by atoms with E-state index >= 15 is 0 Å². The normalized spacial score (nSPS) is 10.8. The zero-order valence-electron chi connectivity index (χ0n) is 10.1. The summed E-state index contributed by atoms with van der Waals surface area (Å²) in [6.07, 6.45) is 1.90. The Bertz CT molecular complexity index is 510. The molecular weight excluding hydrogens is 299 g/mol. The van der Waals surface area contributed by atoms with Crippen molar-refractivity contribution in [3.8, 4) is 11.3 Å². The van der Waals surface area contributed by atoms with Gasteiger partial charge in [-0.05, 0) is 47.1 Å². The minimum Gasteiger partial charge on any atom is -0.380 e. The second kappa shape index (κ2) is 6.11. The van der Waals surface area contributed by atoms with Gasteiger partial charge in [0.05, 0.1) is 17.6 Å². The molecular formula is C13H14BrFN2O. The highest BCUT2D eigenvalue weighted by molar-refractivity contribution is 9.10. The van der Waals surface area contributed by atoms with Crippen LogP contribution in [0.15, 0.2) is 34.9 Å². The predicted molar refractivity (Wildman–Crippen MR) is 71.8 cm³/mol. The molecule has 0 fully saturated rings. The minimum absolute atomic E-state index is 0.245. The van der Waals surface area contributed by atoms with Gasteiger partial charge in [0.25, 0.3) is 0 Å². The molecule has 96 valence electrons. The first-order valence-corrected chi connectivity index (χ1v) is 6.56. The lowest BCUT2D eigenvalue weighted by atomic mass is 10.1. The molecule has 1 heterocycles. The summed E-state index contributed by atoms with van der Waals surface area (Å²) in [7, 11) is 0. The Hall–Kier alpha value is -1.20. The second-order valence-corrected chi connectivity index (χ2v) is 4.65. The maximum atomic E-state index is 12.9. The topological polar surface area (TPSA) is 27.1 Å². The fraction of sp³-hybridized carbons (Fsp3) is 0.308. The lowest BCUT2D eigenvalue weighted by Gasteiger charge is -2.01. The van der Waals surface area contributed by atoms with Crippen LogP contribution in [0, 0.1) is 5.82 Å². The van der Waals surface area contributed by atoms with Crippen molar-refractivity contribution in [3.63, 3.8) is 0 Å². The molecule has 0 saturated heterocycles. The van der Waals surface area contributed by atoms with Crippen LogP contribution in [-0.4, -0.2) is 23.0 Å². The summed E-state index contributed by atoms with van der Waals surface area (Å²) in [6, 6.07) is 6.30. The molecule has 0 saturated carbocycles. The van der Waals surface area contributed by atoms with Crippen LogP contribution in [0.1, 0.15) is 6.92 Å². The summed E-state index contributed by atoms with van der Waals surface area (Å²) in [5.74, 6) is -0.245. The van der Waals surface area contributed by atoms with Gasteiger partial charge in [-0.3, -0.25) is 4.68 Å². The lowest BCUT2D eigenvalue weighted by Crippen LogP contribution is -2.06. The van der Waals surface area contributed by atoms with Crippen molar-refractivity contribution in [3.05, 3.63) is 40.8 Å². The molecule has 3 nitrogen and oxygen atoms in total. The summed E-state index contributed by atoms with van der Waals surface area (Å²) < 4.78 is 20.9. The largest absolute Gasteiger partial charge is 0.380 e. The van der Waals surface area contributed by atoms with Gasteiger partial charge in [-0.25, -0.2) is 4.39 Å². The summed E-state index contributed by atoms with van der Waals surface area (Å²) in [5, 5.41) is 4.45. The third-order valence-corrected chi connectivity index (χ3v) is 3.08. The molecule has 18 heavy (non-hydrogen) atoms. The van der Waals surface area contributed by atoms with Crippen LogP contribution in [0.5, 0.6) is 0 Å². The van der Waals surface area contributed by atoms with Gasteiger partial charge in [-0.2, -0.15) is 5.10 Å². The van der Waals surface area contributed by atoms with Gasteiger partial charge in [0.15, 0.2) is 0 Å². The number of benzene rings is 1. The first-order chi connectivity index (χ1) is 8.70. The lowest BCUT2D eigenvalue weighted by molar-refractivity contribution is 0.136. The molecule has 1 aromatic carbocycles. The van der Waals surface area contributed by atoms with Crippen LogP contribution in [0.2, 0.25) is 0 Å². The highest BCUT2D eigenvalue weighted by Crippen LogP contribution is 2.26. The van der Waals surface area contributed by atoms with Gasteiger partial charge in [0.2, 0.25) is 0 Å². The minimum atomic E-state index is -0.245.